The van der Waals surface area contributed by atoms with Gasteiger partial charge in [0.05, 0.1) is 10.4 Å². The number of nitrogens with one attached hydrogen (secondary N) is 1. The van der Waals surface area contributed by atoms with Crippen LogP contribution in [0.4, 0.5) is 5.69 Å². The highest BCUT2D eigenvalue weighted by atomic mass is 35.5. The van der Waals surface area contributed by atoms with E-state index in [1.165, 1.54) is 12.1 Å². The van der Waals surface area contributed by atoms with Gasteiger partial charge >= 0.3 is 0 Å². The van der Waals surface area contributed by atoms with Crippen molar-refractivity contribution in [3.63, 3.8) is 0 Å². The molecule has 3 N–H and O–H groups in total. The Kier molecular flexibility index (Phi) is 6.24. The smallest absolute Gasteiger partial charge is 0.238 e. The van der Waals surface area contributed by atoms with Gasteiger partial charge in [0.1, 0.15) is 0 Å². The first-order valence-electron chi connectivity index (χ1n) is 9.99. The van der Waals surface area contributed by atoms with Gasteiger partial charge in [-0.15, -0.1) is 0 Å². The van der Waals surface area contributed by atoms with Crippen molar-refractivity contribution in [2.24, 2.45) is 11.1 Å². The molecule has 1 amide bonds. The zero-order valence-corrected chi connectivity index (χ0v) is 18.4. The van der Waals surface area contributed by atoms with Crippen LogP contribution in [0.1, 0.15) is 18.4 Å². The molecule has 1 aliphatic rings. The molecule has 1 aliphatic heterocycles. The molecule has 1 aromatic heterocycles. The van der Waals surface area contributed by atoms with Crippen LogP contribution in [0.25, 0.3) is 10.9 Å². The third-order valence-corrected chi connectivity index (χ3v) is 6.90. The lowest BCUT2D eigenvalue weighted by molar-refractivity contribution is -0.121. The van der Waals surface area contributed by atoms with E-state index in [0.29, 0.717) is 17.3 Å². The van der Waals surface area contributed by atoms with E-state index in [-0.39, 0.29) is 16.7 Å². The fourth-order valence-electron chi connectivity index (χ4n) is 3.88. The average Bonchev–Trinajstić information content (AvgIpc) is 2.76. The van der Waals surface area contributed by atoms with Crippen molar-refractivity contribution in [1.82, 2.24) is 9.88 Å². The number of benzene rings is 2. The quantitative estimate of drug-likeness (QED) is 0.609. The Morgan fingerprint density at radius 3 is 2.52 bits per heavy atom. The van der Waals surface area contributed by atoms with Gasteiger partial charge in [-0.2, -0.15) is 0 Å². The number of carbonyl (C=O) groups is 1. The molecule has 3 aromatic rings. The van der Waals surface area contributed by atoms with E-state index in [9.17, 15) is 13.2 Å². The standard InChI is InChI=1S/C22H23ClN4O3S/c23-20-8-3-15-2-1-11-25-21(15)19(20)14-27-12-9-16(10-13-27)22(28)26-17-4-6-18(7-5-17)31(24,29)30/h1-8,11,16H,9-10,12-14H2,(H,26,28)(H2,24,29,30). The number of primary sulfonamides is 1. The number of fused-ring (bicyclic) bond motifs is 1. The summed E-state index contributed by atoms with van der Waals surface area (Å²) >= 11 is 6.45. The predicted molar refractivity (Wildman–Crippen MR) is 121 cm³/mol. The Bertz CT molecular complexity index is 1210. The van der Waals surface area contributed by atoms with Crippen LogP contribution in [-0.2, 0) is 21.4 Å². The van der Waals surface area contributed by atoms with Crippen molar-refractivity contribution in [2.75, 3.05) is 18.4 Å². The van der Waals surface area contributed by atoms with E-state index in [2.05, 4.69) is 15.2 Å². The van der Waals surface area contributed by atoms with Crippen LogP contribution in [-0.4, -0.2) is 37.3 Å². The van der Waals surface area contributed by atoms with Gasteiger partial charge in [0.25, 0.3) is 0 Å². The number of halogens is 1. The number of carbonyl (C=O) groups excluding carboxylic acids is 1. The molecule has 162 valence electrons. The monoisotopic (exact) mass is 458 g/mol. The van der Waals surface area contributed by atoms with Crippen LogP contribution < -0.4 is 10.5 Å². The van der Waals surface area contributed by atoms with Crippen molar-refractivity contribution in [1.29, 1.82) is 0 Å². The number of aromatic nitrogens is 1. The second kappa shape index (κ2) is 8.92. The van der Waals surface area contributed by atoms with Gasteiger partial charge in [-0.05, 0) is 62.3 Å². The summed E-state index contributed by atoms with van der Waals surface area (Å²) in [6, 6.07) is 13.7. The highest BCUT2D eigenvalue weighted by Gasteiger charge is 2.26. The Labute approximate surface area is 186 Å². The maximum atomic E-state index is 12.6. The Morgan fingerprint density at radius 2 is 1.84 bits per heavy atom. The number of nitrogens with zero attached hydrogens (tertiary/aromatic N) is 2. The molecule has 1 saturated heterocycles. The van der Waals surface area contributed by atoms with Gasteiger partial charge in [-0.3, -0.25) is 14.7 Å². The van der Waals surface area contributed by atoms with E-state index in [1.54, 1.807) is 18.3 Å². The molecule has 31 heavy (non-hydrogen) atoms. The van der Waals surface area contributed by atoms with Gasteiger partial charge in [0.15, 0.2) is 0 Å². The summed E-state index contributed by atoms with van der Waals surface area (Å²) in [6.07, 6.45) is 3.24. The number of hydrogen-bond acceptors (Lipinski definition) is 5. The number of anilines is 1. The molecule has 7 nitrogen and oxygen atoms in total. The minimum atomic E-state index is -3.75. The van der Waals surface area contributed by atoms with E-state index in [0.717, 1.165) is 42.4 Å². The van der Waals surface area contributed by atoms with E-state index in [1.807, 2.05) is 24.3 Å². The molecule has 0 unspecified atom stereocenters. The number of piperidine rings is 1. The first-order chi connectivity index (χ1) is 14.8. The summed E-state index contributed by atoms with van der Waals surface area (Å²) in [4.78, 5) is 19.4. The number of likely N-dealkylation sites (tertiary alicyclic amines) is 1. The van der Waals surface area contributed by atoms with Crippen molar-refractivity contribution < 1.29 is 13.2 Å². The molecule has 2 heterocycles. The minimum Gasteiger partial charge on any atom is -0.326 e. The summed E-state index contributed by atoms with van der Waals surface area (Å²) in [5.74, 6) is -0.164. The molecule has 1 fully saturated rings. The van der Waals surface area contributed by atoms with Crippen LogP contribution in [0, 0.1) is 5.92 Å². The van der Waals surface area contributed by atoms with E-state index < -0.39 is 10.0 Å². The number of rotatable bonds is 5. The molecule has 0 saturated carbocycles. The first-order valence-corrected chi connectivity index (χ1v) is 11.9. The van der Waals surface area contributed by atoms with E-state index in [4.69, 9.17) is 16.7 Å². The topological polar surface area (TPSA) is 105 Å². The number of nitrogens with two attached hydrogens (primary N) is 1. The summed E-state index contributed by atoms with van der Waals surface area (Å²) in [6.45, 7) is 2.25. The van der Waals surface area contributed by atoms with Crippen molar-refractivity contribution >= 4 is 44.1 Å². The maximum Gasteiger partial charge on any atom is 0.238 e. The molecule has 0 bridgehead atoms. The van der Waals surface area contributed by atoms with Crippen LogP contribution in [0.5, 0.6) is 0 Å². The van der Waals surface area contributed by atoms with Gasteiger partial charge in [-0.25, -0.2) is 13.6 Å². The highest BCUT2D eigenvalue weighted by Crippen LogP contribution is 2.28. The molecular formula is C22H23ClN4O3S. The second-order valence-electron chi connectivity index (χ2n) is 7.71. The Balaban J connectivity index is 1.36. The van der Waals surface area contributed by atoms with Gasteiger partial charge in [0.2, 0.25) is 15.9 Å². The average molecular weight is 459 g/mol. The first kappa shape index (κ1) is 21.7. The summed E-state index contributed by atoms with van der Waals surface area (Å²) in [7, 11) is -3.75. The summed E-state index contributed by atoms with van der Waals surface area (Å²) in [5.41, 5.74) is 2.48. The molecule has 0 spiro atoms. The van der Waals surface area contributed by atoms with E-state index >= 15 is 0 Å². The third-order valence-electron chi connectivity index (χ3n) is 5.61. The molecule has 0 atom stereocenters. The number of sulfonamides is 1. The third kappa shape index (κ3) is 5.04. The van der Waals surface area contributed by atoms with Gasteiger partial charge in [-0.1, -0.05) is 23.7 Å². The largest absolute Gasteiger partial charge is 0.326 e. The molecule has 9 heteroatoms. The molecular weight excluding hydrogens is 436 g/mol. The van der Waals surface area contributed by atoms with Crippen LogP contribution in [0.15, 0.2) is 59.6 Å². The summed E-state index contributed by atoms with van der Waals surface area (Å²) < 4.78 is 22.7. The number of hydrogen-bond donors (Lipinski definition) is 2. The fourth-order valence-corrected chi connectivity index (χ4v) is 4.61. The fraction of sp³-hybridized carbons (Fsp3) is 0.273. The van der Waals surface area contributed by atoms with Crippen molar-refractivity contribution in [3.05, 3.63) is 65.3 Å². The molecule has 2 aromatic carbocycles. The lowest BCUT2D eigenvalue weighted by Crippen LogP contribution is -2.37. The van der Waals surface area contributed by atoms with Crippen molar-refractivity contribution in [2.45, 2.75) is 24.3 Å². The van der Waals surface area contributed by atoms with Crippen LogP contribution in [0.3, 0.4) is 0 Å². The lowest BCUT2D eigenvalue weighted by atomic mass is 9.95. The zero-order valence-electron chi connectivity index (χ0n) is 16.8. The maximum absolute atomic E-state index is 12.6. The number of pyridine rings is 1. The number of amides is 1. The zero-order chi connectivity index (χ0) is 22.0. The lowest BCUT2D eigenvalue weighted by Gasteiger charge is -2.31. The molecule has 0 aliphatic carbocycles. The van der Waals surface area contributed by atoms with Gasteiger partial charge in [0, 0.05) is 40.3 Å². The Hall–Kier alpha value is -2.52. The van der Waals surface area contributed by atoms with Crippen LogP contribution in [0.2, 0.25) is 5.02 Å². The minimum absolute atomic E-state index is 0.0143. The van der Waals surface area contributed by atoms with Crippen molar-refractivity contribution in [3.8, 4) is 0 Å². The Morgan fingerprint density at radius 1 is 1.13 bits per heavy atom. The summed E-state index contributed by atoms with van der Waals surface area (Å²) in [5, 5.41) is 9.73. The second-order valence-corrected chi connectivity index (χ2v) is 9.68. The predicted octanol–water partition coefficient (Wildman–Crippen LogP) is 3.39. The van der Waals surface area contributed by atoms with Crippen LogP contribution >= 0.6 is 11.6 Å². The van der Waals surface area contributed by atoms with Gasteiger partial charge < -0.3 is 5.32 Å². The molecule has 4 rings (SSSR count). The SMILES string of the molecule is NS(=O)(=O)c1ccc(NC(=O)C2CCN(Cc3c(Cl)ccc4cccnc34)CC2)cc1. The highest BCUT2D eigenvalue weighted by molar-refractivity contribution is 7.89. The molecule has 0 radical (unpaired) electrons. The normalized spacial score (nSPS) is 15.8.